The van der Waals surface area contributed by atoms with E-state index in [0.717, 1.165) is 34.9 Å². The number of piperidine rings is 1. The molecule has 6 heteroatoms. The molecule has 0 spiro atoms. The standard InChI is InChI=1S/C15H23BrN2O2S/c1-3-12-5-4-6-18(10-12)21(19,20)15-8-13(9-17)7-14(16)11(15)2/h7-8,12H,3-6,9-10,17H2,1-2H3. The van der Waals surface area contributed by atoms with Crippen molar-refractivity contribution in [1.29, 1.82) is 0 Å². The van der Waals surface area contributed by atoms with Gasteiger partial charge >= 0.3 is 0 Å². The molecule has 0 aliphatic carbocycles. The van der Waals surface area contributed by atoms with Gasteiger partial charge in [0.2, 0.25) is 10.0 Å². The molecule has 0 amide bonds. The van der Waals surface area contributed by atoms with Gasteiger partial charge in [-0.2, -0.15) is 4.31 Å². The Bertz CT molecular complexity index is 616. The molecule has 0 saturated carbocycles. The topological polar surface area (TPSA) is 63.4 Å². The van der Waals surface area contributed by atoms with Crippen molar-refractivity contribution < 1.29 is 8.42 Å². The van der Waals surface area contributed by atoms with E-state index < -0.39 is 10.0 Å². The molecule has 1 fully saturated rings. The number of nitrogens with zero attached hydrogens (tertiary/aromatic N) is 1. The number of benzene rings is 1. The van der Waals surface area contributed by atoms with E-state index in [4.69, 9.17) is 5.73 Å². The summed E-state index contributed by atoms with van der Waals surface area (Å²) in [4.78, 5) is 0.383. The Hall–Kier alpha value is -0.430. The van der Waals surface area contributed by atoms with Crippen LogP contribution in [0.4, 0.5) is 0 Å². The summed E-state index contributed by atoms with van der Waals surface area (Å²) in [6, 6.07) is 3.60. The van der Waals surface area contributed by atoms with Crippen molar-refractivity contribution in [2.45, 2.75) is 44.6 Å². The first-order valence-corrected chi connectivity index (χ1v) is 9.62. The number of nitrogens with two attached hydrogens (primary N) is 1. The largest absolute Gasteiger partial charge is 0.326 e. The van der Waals surface area contributed by atoms with Gasteiger partial charge in [-0.1, -0.05) is 29.3 Å². The predicted octanol–water partition coefficient (Wildman–Crippen LogP) is 3.03. The highest BCUT2D eigenvalue weighted by molar-refractivity contribution is 9.10. The normalized spacial score (nSPS) is 20.7. The molecule has 2 rings (SSSR count). The molecule has 0 radical (unpaired) electrons. The molecule has 0 aromatic heterocycles. The minimum atomic E-state index is -3.44. The van der Waals surface area contributed by atoms with Crippen LogP contribution in [0.15, 0.2) is 21.5 Å². The summed E-state index contributed by atoms with van der Waals surface area (Å²) < 4.78 is 28.3. The third-order valence-corrected chi connectivity index (χ3v) is 7.08. The molecular weight excluding hydrogens is 352 g/mol. The maximum atomic E-state index is 13.0. The zero-order valence-corrected chi connectivity index (χ0v) is 15.0. The van der Waals surface area contributed by atoms with Crippen LogP contribution in [0.2, 0.25) is 0 Å². The summed E-state index contributed by atoms with van der Waals surface area (Å²) in [5, 5.41) is 0. The van der Waals surface area contributed by atoms with Crippen LogP contribution in [-0.4, -0.2) is 25.8 Å². The SMILES string of the molecule is CCC1CCCN(S(=O)(=O)c2cc(CN)cc(Br)c2C)C1. The quantitative estimate of drug-likeness (QED) is 0.880. The molecule has 1 heterocycles. The Morgan fingerprint density at radius 3 is 2.76 bits per heavy atom. The van der Waals surface area contributed by atoms with E-state index in [0.29, 0.717) is 30.4 Å². The Morgan fingerprint density at radius 1 is 1.43 bits per heavy atom. The maximum absolute atomic E-state index is 13.0. The fraction of sp³-hybridized carbons (Fsp3) is 0.600. The smallest absolute Gasteiger partial charge is 0.243 e. The molecule has 118 valence electrons. The van der Waals surface area contributed by atoms with Gasteiger partial charge in [0.1, 0.15) is 0 Å². The fourth-order valence-electron chi connectivity index (χ4n) is 2.81. The highest BCUT2D eigenvalue weighted by Crippen LogP contribution is 2.30. The first kappa shape index (κ1) is 16.9. The van der Waals surface area contributed by atoms with Crippen molar-refractivity contribution >= 4 is 26.0 Å². The van der Waals surface area contributed by atoms with E-state index in [1.807, 2.05) is 13.0 Å². The van der Waals surface area contributed by atoms with Gasteiger partial charge in [-0.25, -0.2) is 8.42 Å². The lowest BCUT2D eigenvalue weighted by molar-refractivity contribution is 0.261. The zero-order valence-electron chi connectivity index (χ0n) is 12.6. The summed E-state index contributed by atoms with van der Waals surface area (Å²) in [6.07, 6.45) is 3.08. The number of sulfonamides is 1. The van der Waals surface area contributed by atoms with Crippen LogP contribution in [0, 0.1) is 12.8 Å². The van der Waals surface area contributed by atoms with Gasteiger partial charge in [-0.15, -0.1) is 0 Å². The number of hydrogen-bond acceptors (Lipinski definition) is 3. The Labute approximate surface area is 135 Å². The van der Waals surface area contributed by atoms with Crippen molar-refractivity contribution in [3.63, 3.8) is 0 Å². The number of hydrogen-bond donors (Lipinski definition) is 1. The first-order chi connectivity index (χ1) is 9.90. The molecule has 2 N–H and O–H groups in total. The van der Waals surface area contributed by atoms with E-state index >= 15 is 0 Å². The minimum absolute atomic E-state index is 0.332. The fourth-order valence-corrected chi connectivity index (χ4v) is 5.30. The average Bonchev–Trinajstić information content (AvgIpc) is 2.49. The Morgan fingerprint density at radius 2 is 2.14 bits per heavy atom. The van der Waals surface area contributed by atoms with Gasteiger partial charge < -0.3 is 5.73 Å². The second-order valence-corrected chi connectivity index (χ2v) is 8.45. The molecule has 1 aliphatic heterocycles. The van der Waals surface area contributed by atoms with Crippen LogP contribution in [0.5, 0.6) is 0 Å². The van der Waals surface area contributed by atoms with Crippen LogP contribution in [0.3, 0.4) is 0 Å². The predicted molar refractivity (Wildman–Crippen MR) is 88.5 cm³/mol. The van der Waals surface area contributed by atoms with Crippen molar-refractivity contribution in [3.05, 3.63) is 27.7 Å². The molecule has 4 nitrogen and oxygen atoms in total. The van der Waals surface area contributed by atoms with E-state index in [2.05, 4.69) is 22.9 Å². The van der Waals surface area contributed by atoms with Crippen molar-refractivity contribution in [2.75, 3.05) is 13.1 Å². The van der Waals surface area contributed by atoms with Crippen molar-refractivity contribution in [1.82, 2.24) is 4.31 Å². The highest BCUT2D eigenvalue weighted by Gasteiger charge is 2.31. The third kappa shape index (κ3) is 3.50. The lowest BCUT2D eigenvalue weighted by atomic mass is 9.97. The summed E-state index contributed by atoms with van der Waals surface area (Å²) in [5.74, 6) is 0.468. The van der Waals surface area contributed by atoms with Crippen molar-refractivity contribution in [3.8, 4) is 0 Å². The van der Waals surface area contributed by atoms with E-state index in [1.54, 1.807) is 10.4 Å². The molecule has 1 aromatic rings. The lowest BCUT2D eigenvalue weighted by Crippen LogP contribution is -2.40. The van der Waals surface area contributed by atoms with Crippen LogP contribution in [0.1, 0.15) is 37.3 Å². The van der Waals surface area contributed by atoms with Gasteiger partial charge in [-0.3, -0.25) is 0 Å². The molecule has 1 aromatic carbocycles. The molecule has 1 aliphatic rings. The second-order valence-electron chi connectivity index (χ2n) is 5.68. The summed E-state index contributed by atoms with van der Waals surface area (Å²) >= 11 is 3.44. The monoisotopic (exact) mass is 374 g/mol. The number of rotatable bonds is 4. The van der Waals surface area contributed by atoms with E-state index in [9.17, 15) is 8.42 Å². The molecule has 1 saturated heterocycles. The van der Waals surface area contributed by atoms with Gasteiger partial charge in [0.15, 0.2) is 0 Å². The minimum Gasteiger partial charge on any atom is -0.326 e. The molecule has 21 heavy (non-hydrogen) atoms. The maximum Gasteiger partial charge on any atom is 0.243 e. The van der Waals surface area contributed by atoms with Crippen LogP contribution in [-0.2, 0) is 16.6 Å². The average molecular weight is 375 g/mol. The second kappa shape index (κ2) is 6.77. The van der Waals surface area contributed by atoms with Gasteiger partial charge in [-0.05, 0) is 48.9 Å². The van der Waals surface area contributed by atoms with E-state index in [-0.39, 0.29) is 0 Å². The van der Waals surface area contributed by atoms with Gasteiger partial charge in [0.05, 0.1) is 4.90 Å². The Balaban J connectivity index is 2.41. The zero-order chi connectivity index (χ0) is 15.6. The van der Waals surface area contributed by atoms with E-state index in [1.165, 1.54) is 0 Å². The number of halogens is 1. The highest BCUT2D eigenvalue weighted by atomic mass is 79.9. The lowest BCUT2D eigenvalue weighted by Gasteiger charge is -2.32. The molecular formula is C15H23BrN2O2S. The van der Waals surface area contributed by atoms with Gasteiger partial charge in [0, 0.05) is 24.1 Å². The van der Waals surface area contributed by atoms with Gasteiger partial charge in [0.25, 0.3) is 0 Å². The molecule has 1 atom stereocenters. The van der Waals surface area contributed by atoms with Crippen LogP contribution in [0.25, 0.3) is 0 Å². The van der Waals surface area contributed by atoms with Crippen molar-refractivity contribution in [2.24, 2.45) is 11.7 Å². The summed E-state index contributed by atoms with van der Waals surface area (Å²) in [5.41, 5.74) is 7.26. The summed E-state index contributed by atoms with van der Waals surface area (Å²) in [6.45, 7) is 5.53. The molecule has 1 unspecified atom stereocenters. The van der Waals surface area contributed by atoms with Crippen LogP contribution >= 0.6 is 15.9 Å². The third-order valence-electron chi connectivity index (χ3n) is 4.27. The first-order valence-electron chi connectivity index (χ1n) is 7.39. The summed E-state index contributed by atoms with van der Waals surface area (Å²) in [7, 11) is -3.44. The Kier molecular flexibility index (Phi) is 5.46. The molecule has 0 bridgehead atoms. The van der Waals surface area contributed by atoms with Crippen LogP contribution < -0.4 is 5.73 Å².